The summed E-state index contributed by atoms with van der Waals surface area (Å²) in [6, 6.07) is 7.52. The van der Waals surface area contributed by atoms with Crippen molar-refractivity contribution in [1.29, 1.82) is 0 Å². The van der Waals surface area contributed by atoms with Gasteiger partial charge in [0, 0.05) is 12.1 Å². The number of aliphatic imine (C=N–C) groups is 1. The predicted octanol–water partition coefficient (Wildman–Crippen LogP) is 2.39. The molecule has 0 bridgehead atoms. The van der Waals surface area contributed by atoms with Crippen LogP contribution in [-0.2, 0) is 9.59 Å². The van der Waals surface area contributed by atoms with E-state index in [2.05, 4.69) is 4.99 Å². The summed E-state index contributed by atoms with van der Waals surface area (Å²) in [5.74, 6) is -1.45. The minimum atomic E-state index is -1.08. The van der Waals surface area contributed by atoms with Gasteiger partial charge in [-0.15, -0.1) is 0 Å². The number of carboxylic acid groups (broad SMARTS) is 2. The highest BCUT2D eigenvalue weighted by Gasteiger charge is 2.41. The summed E-state index contributed by atoms with van der Waals surface area (Å²) in [5.41, 5.74) is 0.785. The fourth-order valence-corrected chi connectivity index (χ4v) is 2.69. The standard InChI is InChI=1S/C16H20N2O4/c1-2-3-9-13-17-15(16(21)22)12(10-14(19)20)18(13)11-7-5-4-6-8-11/h4-8,12,15H,2-3,9-10H2,1H3,(H,19,20)(H,21,22)/t12-,15+/m1/s1. The maximum Gasteiger partial charge on any atom is 0.330 e. The van der Waals surface area contributed by atoms with Gasteiger partial charge in [-0.25, -0.2) is 4.79 Å². The molecule has 0 unspecified atom stereocenters. The average molecular weight is 304 g/mol. The van der Waals surface area contributed by atoms with Crippen molar-refractivity contribution in [2.45, 2.75) is 44.7 Å². The molecule has 0 spiro atoms. The molecule has 1 aliphatic rings. The Morgan fingerprint density at radius 3 is 2.45 bits per heavy atom. The summed E-state index contributed by atoms with van der Waals surface area (Å²) >= 11 is 0. The van der Waals surface area contributed by atoms with Gasteiger partial charge in [-0.05, 0) is 18.6 Å². The summed E-state index contributed by atoms with van der Waals surface area (Å²) in [7, 11) is 0. The lowest BCUT2D eigenvalue weighted by Crippen LogP contribution is -2.44. The first-order chi connectivity index (χ1) is 10.5. The Kier molecular flexibility index (Phi) is 5.14. The van der Waals surface area contributed by atoms with E-state index in [1.165, 1.54) is 0 Å². The lowest BCUT2D eigenvalue weighted by Gasteiger charge is -2.28. The molecule has 0 saturated carbocycles. The fraction of sp³-hybridized carbons (Fsp3) is 0.438. The van der Waals surface area contributed by atoms with E-state index in [4.69, 9.17) is 5.11 Å². The number of rotatable bonds is 7. The summed E-state index contributed by atoms with van der Waals surface area (Å²) in [5, 5.41) is 18.5. The zero-order chi connectivity index (χ0) is 16.1. The Labute approximate surface area is 129 Å². The van der Waals surface area contributed by atoms with Crippen molar-refractivity contribution in [1.82, 2.24) is 0 Å². The van der Waals surface area contributed by atoms with Crippen molar-refractivity contribution in [2.24, 2.45) is 4.99 Å². The molecule has 0 amide bonds. The molecule has 1 heterocycles. The van der Waals surface area contributed by atoms with Crippen LogP contribution in [0.15, 0.2) is 35.3 Å². The molecule has 0 fully saturated rings. The van der Waals surface area contributed by atoms with Gasteiger partial charge >= 0.3 is 11.9 Å². The maximum atomic E-state index is 11.5. The van der Waals surface area contributed by atoms with Gasteiger partial charge in [0.15, 0.2) is 6.04 Å². The molecule has 2 rings (SSSR count). The van der Waals surface area contributed by atoms with Crippen LogP contribution >= 0.6 is 0 Å². The van der Waals surface area contributed by atoms with E-state index in [-0.39, 0.29) is 6.42 Å². The maximum absolute atomic E-state index is 11.5. The van der Waals surface area contributed by atoms with E-state index >= 15 is 0 Å². The number of para-hydroxylation sites is 1. The first kappa shape index (κ1) is 16.0. The Morgan fingerprint density at radius 1 is 1.23 bits per heavy atom. The number of amidine groups is 1. The fourth-order valence-electron chi connectivity index (χ4n) is 2.69. The van der Waals surface area contributed by atoms with Crippen LogP contribution in [0.5, 0.6) is 0 Å². The molecular weight excluding hydrogens is 284 g/mol. The number of hydrogen-bond acceptors (Lipinski definition) is 4. The van der Waals surface area contributed by atoms with Crippen LogP contribution < -0.4 is 4.90 Å². The molecule has 1 aromatic carbocycles. The number of anilines is 1. The first-order valence-electron chi connectivity index (χ1n) is 7.40. The topological polar surface area (TPSA) is 90.2 Å². The molecule has 0 radical (unpaired) electrons. The van der Waals surface area contributed by atoms with Crippen molar-refractivity contribution < 1.29 is 19.8 Å². The van der Waals surface area contributed by atoms with E-state index in [0.717, 1.165) is 18.5 Å². The molecule has 1 aromatic rings. The third-order valence-corrected chi connectivity index (χ3v) is 3.69. The minimum absolute atomic E-state index is 0.259. The van der Waals surface area contributed by atoms with E-state index in [1.807, 2.05) is 37.3 Å². The van der Waals surface area contributed by atoms with Gasteiger partial charge in [0.1, 0.15) is 5.84 Å². The van der Waals surface area contributed by atoms with E-state index in [9.17, 15) is 14.7 Å². The van der Waals surface area contributed by atoms with Gasteiger partial charge in [-0.1, -0.05) is 31.5 Å². The second kappa shape index (κ2) is 7.06. The number of carbonyl (C=O) groups is 2. The zero-order valence-corrected chi connectivity index (χ0v) is 12.5. The zero-order valence-electron chi connectivity index (χ0n) is 12.5. The van der Waals surface area contributed by atoms with Crippen LogP contribution in [0.3, 0.4) is 0 Å². The van der Waals surface area contributed by atoms with Crippen LogP contribution in [0.1, 0.15) is 32.6 Å². The number of nitrogens with zero attached hydrogens (tertiary/aromatic N) is 2. The van der Waals surface area contributed by atoms with Crippen molar-refractivity contribution in [3.63, 3.8) is 0 Å². The van der Waals surface area contributed by atoms with Crippen molar-refractivity contribution in [3.05, 3.63) is 30.3 Å². The van der Waals surface area contributed by atoms with Crippen molar-refractivity contribution in [3.8, 4) is 0 Å². The molecule has 22 heavy (non-hydrogen) atoms. The largest absolute Gasteiger partial charge is 0.481 e. The number of hydrogen-bond donors (Lipinski definition) is 2. The van der Waals surface area contributed by atoms with E-state index in [0.29, 0.717) is 12.3 Å². The number of aliphatic carboxylic acids is 2. The summed E-state index contributed by atoms with van der Waals surface area (Å²) in [6.07, 6.45) is 2.23. The van der Waals surface area contributed by atoms with Gasteiger partial charge in [0.25, 0.3) is 0 Å². The average Bonchev–Trinajstić information content (AvgIpc) is 2.84. The highest BCUT2D eigenvalue weighted by molar-refractivity contribution is 6.03. The SMILES string of the molecule is CCCCC1=N[C@H](C(=O)O)[C@@H](CC(=O)O)N1c1ccccc1. The van der Waals surface area contributed by atoms with Gasteiger partial charge in [0.2, 0.25) is 0 Å². The summed E-state index contributed by atoms with van der Waals surface area (Å²) in [6.45, 7) is 2.05. The van der Waals surface area contributed by atoms with Gasteiger partial charge < -0.3 is 15.1 Å². The number of benzene rings is 1. The highest BCUT2D eigenvalue weighted by atomic mass is 16.4. The van der Waals surface area contributed by atoms with Gasteiger partial charge in [-0.2, -0.15) is 0 Å². The summed E-state index contributed by atoms with van der Waals surface area (Å²) < 4.78 is 0. The number of unbranched alkanes of at least 4 members (excludes halogenated alkanes) is 1. The second-order valence-electron chi connectivity index (χ2n) is 5.30. The summed E-state index contributed by atoms with van der Waals surface area (Å²) in [4.78, 5) is 28.7. The quantitative estimate of drug-likeness (QED) is 0.807. The second-order valence-corrected chi connectivity index (χ2v) is 5.30. The molecule has 0 saturated heterocycles. The normalized spacial score (nSPS) is 20.8. The molecule has 118 valence electrons. The first-order valence-corrected chi connectivity index (χ1v) is 7.40. The monoisotopic (exact) mass is 304 g/mol. The molecule has 0 aromatic heterocycles. The van der Waals surface area contributed by atoms with Gasteiger partial charge in [-0.3, -0.25) is 9.79 Å². The van der Waals surface area contributed by atoms with Crippen LogP contribution in [0.2, 0.25) is 0 Å². The Hall–Kier alpha value is -2.37. The Bertz CT molecular complexity index is 571. The third kappa shape index (κ3) is 3.44. The highest BCUT2D eigenvalue weighted by Crippen LogP contribution is 2.29. The van der Waals surface area contributed by atoms with Crippen molar-refractivity contribution >= 4 is 23.5 Å². The molecular formula is C16H20N2O4. The molecule has 2 N–H and O–H groups in total. The molecule has 2 atom stereocenters. The third-order valence-electron chi connectivity index (χ3n) is 3.69. The molecule has 1 aliphatic heterocycles. The molecule has 6 heteroatoms. The molecule has 6 nitrogen and oxygen atoms in total. The number of carboxylic acids is 2. The minimum Gasteiger partial charge on any atom is -0.481 e. The lowest BCUT2D eigenvalue weighted by atomic mass is 10.0. The van der Waals surface area contributed by atoms with Gasteiger partial charge in [0.05, 0.1) is 12.5 Å². The van der Waals surface area contributed by atoms with Crippen LogP contribution in [0.4, 0.5) is 5.69 Å². The Balaban J connectivity index is 2.38. The van der Waals surface area contributed by atoms with Crippen molar-refractivity contribution in [2.75, 3.05) is 4.90 Å². The van der Waals surface area contributed by atoms with E-state index in [1.54, 1.807) is 4.90 Å². The smallest absolute Gasteiger partial charge is 0.330 e. The van der Waals surface area contributed by atoms with Crippen LogP contribution in [0, 0.1) is 0 Å². The van der Waals surface area contributed by atoms with Crippen LogP contribution in [-0.4, -0.2) is 40.1 Å². The molecule has 0 aliphatic carbocycles. The van der Waals surface area contributed by atoms with E-state index < -0.39 is 24.0 Å². The predicted molar refractivity (Wildman–Crippen MR) is 83.3 cm³/mol. The lowest BCUT2D eigenvalue weighted by molar-refractivity contribution is -0.140. The Morgan fingerprint density at radius 2 is 1.91 bits per heavy atom. The van der Waals surface area contributed by atoms with Crippen LogP contribution in [0.25, 0.3) is 0 Å².